The first-order valence-corrected chi connectivity index (χ1v) is 10.2. The molecular weight excluding hydrogens is 436 g/mol. The van der Waals surface area contributed by atoms with Crippen LogP contribution in [-0.4, -0.2) is 22.3 Å². The van der Waals surface area contributed by atoms with Crippen LogP contribution in [0.15, 0.2) is 92.8 Å². The van der Waals surface area contributed by atoms with E-state index in [1.807, 2.05) is 24.3 Å². The maximum atomic E-state index is 13.1. The van der Waals surface area contributed by atoms with Crippen LogP contribution in [0.4, 0.5) is 5.82 Å². The van der Waals surface area contributed by atoms with Gasteiger partial charge in [0, 0.05) is 0 Å². The van der Waals surface area contributed by atoms with Crippen molar-refractivity contribution >= 4 is 22.7 Å². The summed E-state index contributed by atoms with van der Waals surface area (Å²) < 4.78 is 18.3. The second-order valence-electron chi connectivity index (χ2n) is 7.17. The molecule has 3 heterocycles. The molecule has 34 heavy (non-hydrogen) atoms. The Morgan fingerprint density at radius 3 is 2.65 bits per heavy atom. The van der Waals surface area contributed by atoms with Crippen LogP contribution < -0.4 is 15.5 Å². The van der Waals surface area contributed by atoms with E-state index in [4.69, 9.17) is 13.6 Å². The number of nitrogens with one attached hydrogen (secondary N) is 1. The summed E-state index contributed by atoms with van der Waals surface area (Å²) in [7, 11) is 0. The molecule has 9 nitrogen and oxygen atoms in total. The molecule has 0 aliphatic heterocycles. The van der Waals surface area contributed by atoms with Crippen molar-refractivity contribution in [2.45, 2.75) is 0 Å². The van der Waals surface area contributed by atoms with Crippen molar-refractivity contribution in [1.29, 1.82) is 5.26 Å². The molecule has 0 atom stereocenters. The maximum absolute atomic E-state index is 13.1. The van der Waals surface area contributed by atoms with Gasteiger partial charge in [-0.25, -0.2) is 4.68 Å². The van der Waals surface area contributed by atoms with Gasteiger partial charge in [0.1, 0.15) is 17.2 Å². The van der Waals surface area contributed by atoms with Gasteiger partial charge in [-0.3, -0.25) is 9.59 Å². The van der Waals surface area contributed by atoms with E-state index in [1.54, 1.807) is 48.5 Å². The Morgan fingerprint density at radius 1 is 1.09 bits per heavy atom. The number of benzene rings is 2. The van der Waals surface area contributed by atoms with Gasteiger partial charge in [-0.1, -0.05) is 30.3 Å². The zero-order valence-electron chi connectivity index (χ0n) is 17.6. The van der Waals surface area contributed by atoms with E-state index in [0.29, 0.717) is 16.7 Å². The van der Waals surface area contributed by atoms with Crippen LogP contribution in [0.3, 0.4) is 0 Å². The predicted molar refractivity (Wildman–Crippen MR) is 123 cm³/mol. The molecule has 0 saturated carbocycles. The number of hydrogen-bond donors (Lipinski definition) is 1. The number of aromatic nitrogens is 2. The van der Waals surface area contributed by atoms with Gasteiger partial charge in [-0.05, 0) is 36.4 Å². The molecule has 0 fully saturated rings. The van der Waals surface area contributed by atoms with Crippen molar-refractivity contribution in [2.75, 3.05) is 11.9 Å². The summed E-state index contributed by atoms with van der Waals surface area (Å²) in [5.74, 6) is -0.187. The van der Waals surface area contributed by atoms with E-state index in [-0.39, 0.29) is 28.7 Å². The highest BCUT2D eigenvalue weighted by Gasteiger charge is 2.21. The molecule has 9 heteroatoms. The highest BCUT2D eigenvalue weighted by molar-refractivity contribution is 5.92. The molecule has 1 N–H and O–H groups in total. The minimum atomic E-state index is -0.591. The third-order valence-corrected chi connectivity index (χ3v) is 5.00. The van der Waals surface area contributed by atoms with E-state index < -0.39 is 17.9 Å². The number of para-hydroxylation sites is 2. The van der Waals surface area contributed by atoms with Crippen LogP contribution in [0.1, 0.15) is 5.56 Å². The van der Waals surface area contributed by atoms with Crippen molar-refractivity contribution in [2.24, 2.45) is 0 Å². The lowest BCUT2D eigenvalue weighted by molar-refractivity contribution is -0.118. The lowest BCUT2D eigenvalue weighted by Crippen LogP contribution is -2.24. The van der Waals surface area contributed by atoms with Crippen LogP contribution in [0.25, 0.3) is 28.2 Å². The van der Waals surface area contributed by atoms with Gasteiger partial charge in [0.05, 0.1) is 23.5 Å². The number of ether oxygens (including phenoxy) is 1. The van der Waals surface area contributed by atoms with Crippen LogP contribution in [0.2, 0.25) is 0 Å². The highest BCUT2D eigenvalue weighted by atomic mass is 16.5. The first kappa shape index (κ1) is 20.8. The summed E-state index contributed by atoms with van der Waals surface area (Å²) in [6, 6.07) is 21.0. The van der Waals surface area contributed by atoms with E-state index in [1.165, 1.54) is 17.1 Å². The Hall–Kier alpha value is -5.10. The van der Waals surface area contributed by atoms with Gasteiger partial charge in [-0.2, -0.15) is 10.4 Å². The summed E-state index contributed by atoms with van der Waals surface area (Å²) in [6.45, 7) is -0.512. The number of anilines is 1. The van der Waals surface area contributed by atoms with Crippen LogP contribution >= 0.6 is 0 Å². The highest BCUT2D eigenvalue weighted by Crippen LogP contribution is 2.31. The normalized spacial score (nSPS) is 10.7. The molecule has 166 valence electrons. The summed E-state index contributed by atoms with van der Waals surface area (Å²) >= 11 is 0. The van der Waals surface area contributed by atoms with Gasteiger partial charge in [0.15, 0.2) is 18.2 Å². The number of nitrogens with zero attached hydrogens (tertiary/aromatic N) is 3. The van der Waals surface area contributed by atoms with E-state index in [9.17, 15) is 14.9 Å². The summed E-state index contributed by atoms with van der Waals surface area (Å²) in [4.78, 5) is 25.9. The summed E-state index contributed by atoms with van der Waals surface area (Å²) in [5.41, 5.74) is 0.767. The zero-order chi connectivity index (χ0) is 23.5. The van der Waals surface area contributed by atoms with Crippen LogP contribution in [0.5, 0.6) is 5.75 Å². The molecule has 5 aromatic rings. The van der Waals surface area contributed by atoms with Crippen molar-refractivity contribution < 1.29 is 18.4 Å². The maximum Gasteiger partial charge on any atom is 0.263 e. The van der Waals surface area contributed by atoms with E-state index >= 15 is 0 Å². The van der Waals surface area contributed by atoms with Gasteiger partial charge >= 0.3 is 0 Å². The van der Waals surface area contributed by atoms with E-state index in [0.717, 1.165) is 0 Å². The molecular formula is C25H16N4O5. The number of hydrogen-bond acceptors (Lipinski definition) is 7. The lowest BCUT2D eigenvalue weighted by atomic mass is 10.2. The number of furan rings is 1. The fourth-order valence-corrected chi connectivity index (χ4v) is 3.45. The molecule has 5 rings (SSSR count). The number of rotatable bonds is 6. The third-order valence-electron chi connectivity index (χ3n) is 5.00. The van der Waals surface area contributed by atoms with Crippen LogP contribution in [-0.2, 0) is 4.79 Å². The first-order chi connectivity index (χ1) is 16.7. The number of amides is 1. The Labute approximate surface area is 192 Å². The molecule has 0 saturated heterocycles. The molecule has 2 aromatic carbocycles. The predicted octanol–water partition coefficient (Wildman–Crippen LogP) is 4.13. The topological polar surface area (TPSA) is 123 Å². The average Bonchev–Trinajstić information content (AvgIpc) is 3.54. The van der Waals surface area contributed by atoms with Crippen molar-refractivity contribution in [1.82, 2.24) is 9.78 Å². The SMILES string of the molecule is N#Cc1cnn(-c2ccccc2)c1NC(=O)COc1c(-c2ccco2)oc2ccccc2c1=O. The Kier molecular flexibility index (Phi) is 5.38. The minimum absolute atomic E-state index is 0.0774. The molecule has 0 bridgehead atoms. The van der Waals surface area contributed by atoms with Crippen molar-refractivity contribution in [3.8, 4) is 29.0 Å². The summed E-state index contributed by atoms with van der Waals surface area (Å²) in [6.07, 6.45) is 2.80. The van der Waals surface area contributed by atoms with Gasteiger partial charge in [-0.15, -0.1) is 0 Å². The average molecular weight is 452 g/mol. The second kappa shape index (κ2) is 8.80. The standard InChI is InChI=1S/C25H16N4O5/c26-13-16-14-27-29(17-7-2-1-3-8-17)25(16)28-21(30)15-33-24-22(31)18-9-4-5-10-19(18)34-23(24)20-11-6-12-32-20/h1-12,14H,15H2,(H,28,30). The first-order valence-electron chi connectivity index (χ1n) is 10.2. The number of fused-ring (bicyclic) bond motifs is 1. The molecule has 0 aliphatic carbocycles. The summed E-state index contributed by atoms with van der Waals surface area (Å²) in [5, 5.41) is 16.6. The molecule has 0 spiro atoms. The molecule has 0 radical (unpaired) electrons. The Balaban J connectivity index is 1.44. The molecule has 1 amide bonds. The third kappa shape index (κ3) is 3.80. The lowest BCUT2D eigenvalue weighted by Gasteiger charge is -2.12. The van der Waals surface area contributed by atoms with Gasteiger partial charge < -0.3 is 18.9 Å². The van der Waals surface area contributed by atoms with Gasteiger partial charge in [0.25, 0.3) is 5.91 Å². The van der Waals surface area contributed by atoms with Gasteiger partial charge in [0.2, 0.25) is 16.9 Å². The van der Waals surface area contributed by atoms with Crippen molar-refractivity contribution in [3.63, 3.8) is 0 Å². The Bertz CT molecular complexity index is 1580. The fraction of sp³-hybridized carbons (Fsp3) is 0.0400. The molecule has 0 unspecified atom stereocenters. The largest absolute Gasteiger partial charge is 0.476 e. The fourth-order valence-electron chi connectivity index (χ4n) is 3.45. The molecule has 3 aromatic heterocycles. The number of carbonyl (C=O) groups excluding carboxylic acids is 1. The monoisotopic (exact) mass is 452 g/mol. The van der Waals surface area contributed by atoms with Crippen molar-refractivity contribution in [3.05, 3.63) is 95.0 Å². The second-order valence-corrected chi connectivity index (χ2v) is 7.17. The number of nitriles is 1. The minimum Gasteiger partial charge on any atom is -0.476 e. The van der Waals surface area contributed by atoms with Crippen LogP contribution in [0, 0.1) is 11.3 Å². The zero-order valence-corrected chi connectivity index (χ0v) is 17.6. The quantitative estimate of drug-likeness (QED) is 0.411. The Morgan fingerprint density at radius 2 is 1.88 bits per heavy atom. The number of carbonyl (C=O) groups is 1. The van der Waals surface area contributed by atoms with E-state index in [2.05, 4.69) is 10.4 Å². The smallest absolute Gasteiger partial charge is 0.263 e. The molecule has 0 aliphatic rings.